The average Bonchev–Trinajstić information content (AvgIpc) is 2.67. The molecular formula is C12H21NO5. The predicted molar refractivity (Wildman–Crippen MR) is 64.3 cm³/mol. The normalized spacial score (nSPS) is 22.4. The van der Waals surface area contributed by atoms with Crippen molar-refractivity contribution in [2.75, 3.05) is 20.3 Å². The van der Waals surface area contributed by atoms with Gasteiger partial charge in [0.15, 0.2) is 0 Å². The van der Waals surface area contributed by atoms with Crippen LogP contribution < -0.4 is 5.32 Å². The van der Waals surface area contributed by atoms with Crippen molar-refractivity contribution in [1.82, 2.24) is 5.32 Å². The zero-order valence-corrected chi connectivity index (χ0v) is 10.9. The summed E-state index contributed by atoms with van der Waals surface area (Å²) in [4.78, 5) is 22.6. The predicted octanol–water partition coefficient (Wildman–Crippen LogP) is 0.552. The SMILES string of the molecule is COCC(C)(CC(=O)O)NC(=O)CC1CCCO1. The van der Waals surface area contributed by atoms with Crippen LogP contribution in [0.4, 0.5) is 0 Å². The molecule has 2 N–H and O–H groups in total. The highest BCUT2D eigenvalue weighted by Crippen LogP contribution is 2.17. The first-order valence-corrected chi connectivity index (χ1v) is 6.08. The van der Waals surface area contributed by atoms with Gasteiger partial charge in [-0.25, -0.2) is 0 Å². The van der Waals surface area contributed by atoms with Crippen molar-refractivity contribution in [1.29, 1.82) is 0 Å². The first-order valence-electron chi connectivity index (χ1n) is 6.08. The fourth-order valence-electron chi connectivity index (χ4n) is 2.18. The van der Waals surface area contributed by atoms with Crippen molar-refractivity contribution in [2.45, 2.75) is 44.2 Å². The summed E-state index contributed by atoms with van der Waals surface area (Å²) in [7, 11) is 1.48. The molecule has 1 amide bonds. The summed E-state index contributed by atoms with van der Waals surface area (Å²) in [6, 6.07) is 0. The van der Waals surface area contributed by atoms with Crippen LogP contribution >= 0.6 is 0 Å². The van der Waals surface area contributed by atoms with Crippen LogP contribution in [0.15, 0.2) is 0 Å². The lowest BCUT2D eigenvalue weighted by Crippen LogP contribution is -2.51. The molecule has 1 aliphatic heterocycles. The summed E-state index contributed by atoms with van der Waals surface area (Å²) in [5, 5.41) is 11.6. The summed E-state index contributed by atoms with van der Waals surface area (Å²) < 4.78 is 10.3. The number of hydrogen-bond acceptors (Lipinski definition) is 4. The number of ether oxygens (including phenoxy) is 2. The molecule has 0 radical (unpaired) electrons. The third kappa shape index (κ3) is 5.01. The summed E-state index contributed by atoms with van der Waals surface area (Å²) in [6.07, 6.45) is 1.92. The van der Waals surface area contributed by atoms with Crippen molar-refractivity contribution in [3.63, 3.8) is 0 Å². The molecule has 1 fully saturated rings. The highest BCUT2D eigenvalue weighted by atomic mass is 16.5. The number of nitrogens with one attached hydrogen (secondary N) is 1. The van der Waals surface area contributed by atoms with Crippen LogP contribution in [0.1, 0.15) is 32.6 Å². The molecule has 1 aliphatic rings. The van der Waals surface area contributed by atoms with E-state index in [1.165, 1.54) is 7.11 Å². The Labute approximate surface area is 107 Å². The second-order valence-corrected chi connectivity index (χ2v) is 4.95. The third-order valence-corrected chi connectivity index (χ3v) is 2.88. The molecule has 0 aliphatic carbocycles. The van der Waals surface area contributed by atoms with E-state index in [9.17, 15) is 9.59 Å². The van der Waals surface area contributed by atoms with E-state index in [1.54, 1.807) is 6.92 Å². The van der Waals surface area contributed by atoms with Gasteiger partial charge in [-0.3, -0.25) is 9.59 Å². The van der Waals surface area contributed by atoms with Crippen LogP contribution in [0.25, 0.3) is 0 Å². The number of carbonyl (C=O) groups is 2. The van der Waals surface area contributed by atoms with Crippen molar-refractivity contribution >= 4 is 11.9 Å². The monoisotopic (exact) mass is 259 g/mol. The van der Waals surface area contributed by atoms with Gasteiger partial charge in [-0.15, -0.1) is 0 Å². The zero-order chi connectivity index (χ0) is 13.6. The Kier molecular flexibility index (Phi) is 5.55. The van der Waals surface area contributed by atoms with Crippen LogP contribution in [-0.2, 0) is 19.1 Å². The molecule has 6 heteroatoms. The molecule has 1 saturated heterocycles. The Bertz CT molecular complexity index is 301. The van der Waals surface area contributed by atoms with Crippen molar-refractivity contribution in [3.8, 4) is 0 Å². The van der Waals surface area contributed by atoms with E-state index in [0.29, 0.717) is 6.61 Å². The number of hydrogen-bond donors (Lipinski definition) is 2. The minimum atomic E-state index is -0.966. The van der Waals surface area contributed by atoms with Gasteiger partial charge < -0.3 is 19.9 Å². The second-order valence-electron chi connectivity index (χ2n) is 4.95. The molecular weight excluding hydrogens is 238 g/mol. The Balaban J connectivity index is 2.48. The van der Waals surface area contributed by atoms with Crippen LogP contribution in [0.5, 0.6) is 0 Å². The molecule has 0 bridgehead atoms. The smallest absolute Gasteiger partial charge is 0.305 e. The van der Waals surface area contributed by atoms with Crippen molar-refractivity contribution < 1.29 is 24.2 Å². The Morgan fingerprint density at radius 1 is 1.56 bits per heavy atom. The quantitative estimate of drug-likeness (QED) is 0.697. The Hall–Kier alpha value is -1.14. The van der Waals surface area contributed by atoms with Crippen molar-refractivity contribution in [3.05, 3.63) is 0 Å². The summed E-state index contributed by atoms with van der Waals surface area (Å²) in [6.45, 7) is 2.52. The first kappa shape index (κ1) is 14.9. The molecule has 0 aromatic heterocycles. The van der Waals surface area contributed by atoms with E-state index in [2.05, 4.69) is 5.32 Å². The zero-order valence-electron chi connectivity index (χ0n) is 10.9. The van der Waals surface area contributed by atoms with E-state index < -0.39 is 11.5 Å². The fraction of sp³-hybridized carbons (Fsp3) is 0.833. The largest absolute Gasteiger partial charge is 0.481 e. The standard InChI is InChI=1S/C12H21NO5/c1-12(8-17-2,7-11(15)16)13-10(14)6-9-4-3-5-18-9/h9H,3-8H2,1-2H3,(H,13,14)(H,15,16). The van der Waals surface area contributed by atoms with Gasteiger partial charge in [-0.2, -0.15) is 0 Å². The van der Waals surface area contributed by atoms with Crippen LogP contribution in [0.3, 0.4) is 0 Å². The molecule has 0 saturated carbocycles. The number of carboxylic acids is 1. The molecule has 18 heavy (non-hydrogen) atoms. The minimum Gasteiger partial charge on any atom is -0.481 e. The van der Waals surface area contributed by atoms with Gasteiger partial charge >= 0.3 is 5.97 Å². The number of aliphatic carboxylic acids is 1. The number of carbonyl (C=O) groups excluding carboxylic acids is 1. The first-order chi connectivity index (χ1) is 8.45. The Morgan fingerprint density at radius 3 is 2.78 bits per heavy atom. The maximum absolute atomic E-state index is 11.8. The number of carboxylic acid groups (broad SMARTS) is 1. The second kappa shape index (κ2) is 6.70. The molecule has 1 heterocycles. The number of methoxy groups -OCH3 is 1. The average molecular weight is 259 g/mol. The molecule has 0 aromatic rings. The van der Waals surface area contributed by atoms with Crippen LogP contribution in [0, 0.1) is 0 Å². The van der Waals surface area contributed by atoms with E-state index >= 15 is 0 Å². The van der Waals surface area contributed by atoms with Crippen LogP contribution in [0.2, 0.25) is 0 Å². The van der Waals surface area contributed by atoms with Gasteiger partial charge in [0, 0.05) is 13.7 Å². The molecule has 1 rings (SSSR count). The van der Waals surface area contributed by atoms with Gasteiger partial charge in [0.05, 0.1) is 31.1 Å². The summed E-state index contributed by atoms with van der Waals surface area (Å²) in [5.41, 5.74) is -0.879. The van der Waals surface area contributed by atoms with Gasteiger partial charge in [-0.05, 0) is 19.8 Å². The lowest BCUT2D eigenvalue weighted by atomic mass is 9.98. The Morgan fingerprint density at radius 2 is 2.28 bits per heavy atom. The summed E-state index contributed by atoms with van der Waals surface area (Å²) in [5.74, 6) is -1.16. The van der Waals surface area contributed by atoms with Gasteiger partial charge in [0.2, 0.25) is 5.91 Å². The molecule has 6 nitrogen and oxygen atoms in total. The number of amides is 1. The van der Waals surface area contributed by atoms with Crippen LogP contribution in [-0.4, -0.2) is 48.9 Å². The molecule has 104 valence electrons. The maximum atomic E-state index is 11.8. The van der Waals surface area contributed by atoms with Gasteiger partial charge in [0.1, 0.15) is 0 Å². The van der Waals surface area contributed by atoms with E-state index in [4.69, 9.17) is 14.6 Å². The van der Waals surface area contributed by atoms with Gasteiger partial charge in [-0.1, -0.05) is 0 Å². The van der Waals surface area contributed by atoms with Gasteiger partial charge in [0.25, 0.3) is 0 Å². The van der Waals surface area contributed by atoms with E-state index in [1.807, 2.05) is 0 Å². The summed E-state index contributed by atoms with van der Waals surface area (Å²) >= 11 is 0. The molecule has 2 unspecified atom stereocenters. The molecule has 0 aromatic carbocycles. The maximum Gasteiger partial charge on any atom is 0.305 e. The minimum absolute atomic E-state index is 0.0402. The molecule has 0 spiro atoms. The van der Waals surface area contributed by atoms with E-state index in [-0.39, 0.29) is 31.5 Å². The van der Waals surface area contributed by atoms with Crippen molar-refractivity contribution in [2.24, 2.45) is 0 Å². The lowest BCUT2D eigenvalue weighted by molar-refractivity contribution is -0.139. The fourth-order valence-corrected chi connectivity index (χ4v) is 2.18. The molecule has 2 atom stereocenters. The highest BCUT2D eigenvalue weighted by molar-refractivity contribution is 5.78. The third-order valence-electron chi connectivity index (χ3n) is 2.88. The van der Waals surface area contributed by atoms with E-state index in [0.717, 1.165) is 12.8 Å². The highest BCUT2D eigenvalue weighted by Gasteiger charge is 2.30. The lowest BCUT2D eigenvalue weighted by Gasteiger charge is -2.29. The number of rotatable bonds is 7. The topological polar surface area (TPSA) is 84.9 Å².